The van der Waals surface area contributed by atoms with Crippen molar-refractivity contribution in [2.24, 2.45) is 5.73 Å². The molecule has 7 heteroatoms. The van der Waals surface area contributed by atoms with Crippen LogP contribution in [0.1, 0.15) is 77.0 Å². The van der Waals surface area contributed by atoms with Gasteiger partial charge in [0.05, 0.1) is 30.9 Å². The number of Topliss-reactive ketones (excluding diaryl/α,β-unsaturated/α-hetero) is 1. The normalized spacial score (nSPS) is 14.6. The van der Waals surface area contributed by atoms with E-state index in [0.717, 1.165) is 55.9 Å². The van der Waals surface area contributed by atoms with Gasteiger partial charge in [0.25, 0.3) is 5.91 Å². The molecule has 1 heterocycles. The first kappa shape index (κ1) is 30.3. The van der Waals surface area contributed by atoms with E-state index in [4.69, 9.17) is 10.5 Å². The Hall–Kier alpha value is -3.68. The Balaban J connectivity index is 1.60. The van der Waals surface area contributed by atoms with Gasteiger partial charge in [0.1, 0.15) is 5.75 Å². The predicted octanol–water partition coefficient (Wildman–Crippen LogP) is 5.72. The Morgan fingerprint density at radius 3 is 2.39 bits per heavy atom. The van der Waals surface area contributed by atoms with Crippen molar-refractivity contribution in [1.29, 1.82) is 0 Å². The number of methoxy groups -OCH3 is 1. The maximum atomic E-state index is 14.3. The van der Waals surface area contributed by atoms with Gasteiger partial charge >= 0.3 is 0 Å². The van der Waals surface area contributed by atoms with E-state index in [1.807, 2.05) is 49.5 Å². The number of anilines is 1. The third kappa shape index (κ3) is 6.97. The Bertz CT molecular complexity index is 1310. The van der Waals surface area contributed by atoms with Gasteiger partial charge in [-0.25, -0.2) is 0 Å². The number of nitrogens with two attached hydrogens (primary N) is 1. The van der Waals surface area contributed by atoms with E-state index in [2.05, 4.69) is 47.9 Å². The highest BCUT2D eigenvalue weighted by Gasteiger charge is 2.37. The van der Waals surface area contributed by atoms with E-state index < -0.39 is 0 Å². The van der Waals surface area contributed by atoms with Crippen molar-refractivity contribution in [1.82, 2.24) is 9.80 Å². The molecule has 0 saturated heterocycles. The van der Waals surface area contributed by atoms with Crippen molar-refractivity contribution in [3.05, 3.63) is 95.1 Å². The van der Waals surface area contributed by atoms with Crippen LogP contribution in [0.25, 0.3) is 0 Å². The number of hydrogen-bond donors (Lipinski definition) is 1. The average Bonchev–Trinajstić information content (AvgIpc) is 3.01. The monoisotopic (exact) mass is 556 g/mol. The lowest BCUT2D eigenvalue weighted by molar-refractivity contribution is 0.0594. The van der Waals surface area contributed by atoms with Crippen LogP contribution in [0.5, 0.6) is 5.75 Å². The minimum absolute atomic E-state index is 0.0329. The average molecular weight is 557 g/mol. The second-order valence-corrected chi connectivity index (χ2v) is 10.8. The molecule has 7 nitrogen and oxygen atoms in total. The zero-order valence-corrected chi connectivity index (χ0v) is 24.9. The van der Waals surface area contributed by atoms with Gasteiger partial charge in [-0.2, -0.15) is 0 Å². The highest BCUT2D eigenvalue weighted by Crippen LogP contribution is 2.36. The molecule has 218 valence electrons. The molecular weight excluding hydrogens is 512 g/mol. The number of benzene rings is 3. The molecule has 0 bridgehead atoms. The molecule has 0 aromatic heterocycles. The largest absolute Gasteiger partial charge is 0.497 e. The van der Waals surface area contributed by atoms with E-state index in [0.29, 0.717) is 17.7 Å². The summed E-state index contributed by atoms with van der Waals surface area (Å²) >= 11 is 0. The summed E-state index contributed by atoms with van der Waals surface area (Å²) in [4.78, 5) is 34.1. The van der Waals surface area contributed by atoms with Crippen molar-refractivity contribution in [2.75, 3.05) is 51.8 Å². The quantitative estimate of drug-likeness (QED) is 0.256. The summed E-state index contributed by atoms with van der Waals surface area (Å²) in [5.41, 5.74) is 9.83. The summed E-state index contributed by atoms with van der Waals surface area (Å²) < 4.78 is 5.47. The Labute approximate surface area is 244 Å². The van der Waals surface area contributed by atoms with Crippen LogP contribution in [0.15, 0.2) is 72.8 Å². The van der Waals surface area contributed by atoms with Crippen molar-refractivity contribution < 1.29 is 14.3 Å². The minimum Gasteiger partial charge on any atom is -0.497 e. The maximum Gasteiger partial charge on any atom is 0.257 e. The number of carbonyl (C=O) groups is 2. The Kier molecular flexibility index (Phi) is 10.6. The molecule has 1 aliphatic heterocycles. The van der Waals surface area contributed by atoms with Crippen LogP contribution in [0.4, 0.5) is 5.69 Å². The number of ether oxygens (including phenoxy) is 1. The SMILES string of the molecule is CCN(CCN(C)c1cccc2c1C(=O)N(C(CCCCN)c1cccc(OC)c1)CC2=O)[C@H](C)c1ccccc1. The van der Waals surface area contributed by atoms with Gasteiger partial charge in [-0.1, -0.05) is 61.5 Å². The van der Waals surface area contributed by atoms with Gasteiger partial charge in [-0.15, -0.1) is 0 Å². The Morgan fingerprint density at radius 2 is 1.68 bits per heavy atom. The third-order valence-electron chi connectivity index (χ3n) is 8.29. The second-order valence-electron chi connectivity index (χ2n) is 10.8. The molecule has 41 heavy (non-hydrogen) atoms. The summed E-state index contributed by atoms with van der Waals surface area (Å²) in [5, 5.41) is 0. The number of hydrogen-bond acceptors (Lipinski definition) is 6. The molecule has 1 amide bonds. The van der Waals surface area contributed by atoms with Crippen molar-refractivity contribution in [2.45, 2.75) is 45.2 Å². The van der Waals surface area contributed by atoms with E-state index >= 15 is 0 Å². The van der Waals surface area contributed by atoms with Crippen LogP contribution in [0.3, 0.4) is 0 Å². The molecule has 0 radical (unpaired) electrons. The molecule has 0 fully saturated rings. The number of unbranched alkanes of at least 4 members (excludes halogenated alkanes) is 1. The van der Waals surface area contributed by atoms with Gasteiger partial charge in [0.2, 0.25) is 0 Å². The van der Waals surface area contributed by atoms with Crippen LogP contribution in [-0.4, -0.2) is 68.4 Å². The van der Waals surface area contributed by atoms with E-state index in [-0.39, 0.29) is 30.3 Å². The van der Waals surface area contributed by atoms with E-state index in [9.17, 15) is 9.59 Å². The molecule has 2 N–H and O–H groups in total. The summed E-state index contributed by atoms with van der Waals surface area (Å²) in [6, 6.07) is 24.0. The van der Waals surface area contributed by atoms with Gasteiger partial charge < -0.3 is 20.3 Å². The fourth-order valence-corrected chi connectivity index (χ4v) is 5.82. The summed E-state index contributed by atoms with van der Waals surface area (Å²) in [5.74, 6) is 0.593. The van der Waals surface area contributed by atoms with Crippen molar-refractivity contribution in [3.8, 4) is 5.75 Å². The summed E-state index contributed by atoms with van der Waals surface area (Å²) in [6.07, 6.45) is 2.44. The topological polar surface area (TPSA) is 79.1 Å². The van der Waals surface area contributed by atoms with Gasteiger partial charge in [-0.05, 0) is 68.6 Å². The number of likely N-dealkylation sites (N-methyl/N-ethyl adjacent to an activating group) is 2. The van der Waals surface area contributed by atoms with Crippen molar-refractivity contribution >= 4 is 17.4 Å². The molecule has 0 spiro atoms. The molecule has 3 aromatic rings. The number of carbonyl (C=O) groups excluding carboxylic acids is 2. The van der Waals surface area contributed by atoms with Crippen LogP contribution < -0.4 is 15.4 Å². The standard InChI is InChI=1S/C34H44N4O3/c1-5-37(25(2)26-13-7-6-8-14-26)22-21-36(3)31-19-12-17-29-32(39)24-38(34(40)33(29)31)30(18-9-10-20-35)27-15-11-16-28(23-27)41-4/h6-8,11-17,19,23,25,30H,5,9-10,18,20-22,24,35H2,1-4H3/t25-,30?/m1/s1. The number of fused-ring (bicyclic) bond motifs is 1. The molecule has 4 rings (SSSR count). The highest BCUT2D eigenvalue weighted by atomic mass is 16.5. The number of amides is 1. The lowest BCUT2D eigenvalue weighted by Crippen LogP contribution is -2.44. The van der Waals surface area contributed by atoms with Crippen molar-refractivity contribution in [3.63, 3.8) is 0 Å². The number of rotatable bonds is 14. The lowest BCUT2D eigenvalue weighted by atomic mass is 9.91. The van der Waals surface area contributed by atoms with Gasteiger partial charge in [-0.3, -0.25) is 14.5 Å². The fourth-order valence-electron chi connectivity index (χ4n) is 5.82. The summed E-state index contributed by atoms with van der Waals surface area (Å²) in [7, 11) is 3.64. The van der Waals surface area contributed by atoms with Gasteiger partial charge in [0.15, 0.2) is 5.78 Å². The highest BCUT2D eigenvalue weighted by molar-refractivity contribution is 6.16. The minimum atomic E-state index is -0.248. The first-order valence-electron chi connectivity index (χ1n) is 14.7. The molecular formula is C34H44N4O3. The molecule has 3 aromatic carbocycles. The van der Waals surface area contributed by atoms with Crippen LogP contribution in [-0.2, 0) is 0 Å². The third-order valence-corrected chi connectivity index (χ3v) is 8.29. The first-order valence-corrected chi connectivity index (χ1v) is 14.7. The molecule has 0 saturated carbocycles. The zero-order valence-electron chi connectivity index (χ0n) is 24.9. The van der Waals surface area contributed by atoms with E-state index in [1.54, 1.807) is 18.1 Å². The number of nitrogens with zero attached hydrogens (tertiary/aromatic N) is 3. The van der Waals surface area contributed by atoms with E-state index in [1.165, 1.54) is 5.56 Å². The first-order chi connectivity index (χ1) is 19.9. The Morgan fingerprint density at radius 1 is 0.951 bits per heavy atom. The number of ketones is 1. The molecule has 1 unspecified atom stereocenters. The molecule has 0 aliphatic carbocycles. The lowest BCUT2D eigenvalue weighted by Gasteiger charge is -2.37. The predicted molar refractivity (Wildman–Crippen MR) is 166 cm³/mol. The maximum absolute atomic E-state index is 14.3. The van der Waals surface area contributed by atoms with Crippen LogP contribution >= 0.6 is 0 Å². The smallest absolute Gasteiger partial charge is 0.257 e. The zero-order chi connectivity index (χ0) is 29.4. The fraction of sp³-hybridized carbons (Fsp3) is 0.412. The second kappa shape index (κ2) is 14.3. The summed E-state index contributed by atoms with van der Waals surface area (Å²) in [6.45, 7) is 7.50. The molecule has 2 atom stereocenters. The van der Waals surface area contributed by atoms with Crippen LogP contribution in [0.2, 0.25) is 0 Å². The van der Waals surface area contributed by atoms with Gasteiger partial charge in [0, 0.05) is 31.7 Å². The van der Waals surface area contributed by atoms with Crippen LogP contribution in [0, 0.1) is 0 Å². The molecule has 1 aliphatic rings.